The number of hydrogen-bond acceptors (Lipinski definition) is 3. The molecule has 0 aliphatic heterocycles. The number of hydrogen-bond donors (Lipinski definition) is 1. The van der Waals surface area contributed by atoms with Gasteiger partial charge >= 0.3 is 0 Å². The van der Waals surface area contributed by atoms with Crippen LogP contribution in [0.1, 0.15) is 6.42 Å². The third-order valence-electron chi connectivity index (χ3n) is 1.66. The van der Waals surface area contributed by atoms with Crippen LogP contribution in [-0.4, -0.2) is 17.8 Å². The predicted octanol–water partition coefficient (Wildman–Crippen LogP) is 3.25. The molecule has 0 saturated heterocycles. The second kappa shape index (κ2) is 6.19. The van der Waals surface area contributed by atoms with Crippen LogP contribution < -0.4 is 5.73 Å². The SMILES string of the molecule is CSCCCSc1cc(N)cc(F)c1. The minimum atomic E-state index is -0.252. The molecule has 0 radical (unpaired) electrons. The molecule has 0 saturated carbocycles. The monoisotopic (exact) mass is 231 g/mol. The fourth-order valence-corrected chi connectivity index (χ4v) is 2.62. The van der Waals surface area contributed by atoms with Gasteiger partial charge in [-0.2, -0.15) is 11.8 Å². The molecule has 4 heteroatoms. The highest BCUT2D eigenvalue weighted by molar-refractivity contribution is 7.99. The Labute approximate surface area is 92.6 Å². The molecule has 1 rings (SSSR count). The zero-order valence-electron chi connectivity index (χ0n) is 8.13. The molecule has 0 amide bonds. The van der Waals surface area contributed by atoms with E-state index in [9.17, 15) is 4.39 Å². The molecule has 0 aliphatic carbocycles. The lowest BCUT2D eigenvalue weighted by atomic mass is 10.3. The lowest BCUT2D eigenvalue weighted by Gasteiger charge is -2.02. The van der Waals surface area contributed by atoms with Crippen molar-refractivity contribution in [3.05, 3.63) is 24.0 Å². The molecule has 0 spiro atoms. The van der Waals surface area contributed by atoms with Crippen LogP contribution in [0.5, 0.6) is 0 Å². The first-order valence-electron chi connectivity index (χ1n) is 4.40. The van der Waals surface area contributed by atoms with E-state index < -0.39 is 0 Å². The van der Waals surface area contributed by atoms with Gasteiger partial charge in [-0.1, -0.05) is 0 Å². The van der Waals surface area contributed by atoms with E-state index in [2.05, 4.69) is 6.26 Å². The third-order valence-corrected chi connectivity index (χ3v) is 3.41. The Kier molecular flexibility index (Phi) is 5.19. The molecule has 14 heavy (non-hydrogen) atoms. The third kappa shape index (κ3) is 4.24. The lowest BCUT2D eigenvalue weighted by molar-refractivity contribution is 0.625. The minimum absolute atomic E-state index is 0.252. The van der Waals surface area contributed by atoms with Gasteiger partial charge in [0.05, 0.1) is 0 Å². The Morgan fingerprint density at radius 1 is 1.29 bits per heavy atom. The Morgan fingerprint density at radius 2 is 2.07 bits per heavy atom. The average molecular weight is 231 g/mol. The highest BCUT2D eigenvalue weighted by Gasteiger charge is 1.98. The van der Waals surface area contributed by atoms with Gasteiger partial charge in [0.1, 0.15) is 5.82 Å². The van der Waals surface area contributed by atoms with Gasteiger partial charge < -0.3 is 5.73 Å². The first-order chi connectivity index (χ1) is 6.72. The molecular formula is C10H14FNS2. The number of nitrogens with two attached hydrogens (primary N) is 1. The number of benzene rings is 1. The molecule has 1 nitrogen and oxygen atoms in total. The highest BCUT2D eigenvalue weighted by atomic mass is 32.2. The van der Waals surface area contributed by atoms with Crippen LogP contribution in [0.3, 0.4) is 0 Å². The van der Waals surface area contributed by atoms with Crippen LogP contribution in [-0.2, 0) is 0 Å². The van der Waals surface area contributed by atoms with Gasteiger partial charge in [0, 0.05) is 10.6 Å². The first kappa shape index (κ1) is 11.7. The molecule has 78 valence electrons. The molecule has 0 bridgehead atoms. The van der Waals surface area contributed by atoms with Gasteiger partial charge in [0.15, 0.2) is 0 Å². The van der Waals surface area contributed by atoms with Crippen LogP contribution in [0, 0.1) is 5.82 Å². The van der Waals surface area contributed by atoms with Crippen molar-refractivity contribution in [2.24, 2.45) is 0 Å². The summed E-state index contributed by atoms with van der Waals surface area (Å²) < 4.78 is 12.9. The van der Waals surface area contributed by atoms with Gasteiger partial charge in [-0.3, -0.25) is 0 Å². The normalized spacial score (nSPS) is 10.4. The molecule has 2 N–H and O–H groups in total. The van der Waals surface area contributed by atoms with Crippen molar-refractivity contribution in [3.63, 3.8) is 0 Å². The lowest BCUT2D eigenvalue weighted by Crippen LogP contribution is -1.88. The van der Waals surface area contributed by atoms with E-state index in [4.69, 9.17) is 5.73 Å². The van der Waals surface area contributed by atoms with Crippen molar-refractivity contribution in [2.45, 2.75) is 11.3 Å². The summed E-state index contributed by atoms with van der Waals surface area (Å²) in [5, 5.41) is 0. The fourth-order valence-electron chi connectivity index (χ4n) is 1.06. The van der Waals surface area contributed by atoms with E-state index in [1.54, 1.807) is 11.8 Å². The van der Waals surface area contributed by atoms with Crippen LogP contribution >= 0.6 is 23.5 Å². The van der Waals surface area contributed by atoms with Gasteiger partial charge in [-0.05, 0) is 42.4 Å². The largest absolute Gasteiger partial charge is 0.399 e. The summed E-state index contributed by atoms with van der Waals surface area (Å²) in [4.78, 5) is 0.920. The number of anilines is 1. The molecule has 1 aromatic rings. The maximum absolute atomic E-state index is 12.9. The summed E-state index contributed by atoms with van der Waals surface area (Å²) >= 11 is 3.49. The van der Waals surface area contributed by atoms with Crippen molar-refractivity contribution >= 4 is 29.2 Å². The van der Waals surface area contributed by atoms with Gasteiger partial charge in [-0.15, -0.1) is 11.8 Å². The van der Waals surface area contributed by atoms with E-state index in [0.717, 1.165) is 22.8 Å². The summed E-state index contributed by atoms with van der Waals surface area (Å²) in [6.45, 7) is 0. The van der Waals surface area contributed by atoms with Crippen molar-refractivity contribution in [3.8, 4) is 0 Å². The molecular weight excluding hydrogens is 217 g/mol. The van der Waals surface area contributed by atoms with Gasteiger partial charge in [0.2, 0.25) is 0 Å². The summed E-state index contributed by atoms with van der Waals surface area (Å²) in [6.07, 6.45) is 3.23. The Bertz CT molecular complexity index is 271. The molecule has 0 atom stereocenters. The number of rotatable bonds is 5. The van der Waals surface area contributed by atoms with Crippen LogP contribution in [0.25, 0.3) is 0 Å². The first-order valence-corrected chi connectivity index (χ1v) is 6.78. The molecule has 0 heterocycles. The van der Waals surface area contributed by atoms with E-state index in [-0.39, 0.29) is 5.82 Å². The summed E-state index contributed by atoms with van der Waals surface area (Å²) in [5.41, 5.74) is 6.03. The highest BCUT2D eigenvalue weighted by Crippen LogP contribution is 2.22. The van der Waals surface area contributed by atoms with Crippen molar-refractivity contribution in [1.29, 1.82) is 0 Å². The van der Waals surface area contributed by atoms with Crippen molar-refractivity contribution in [2.75, 3.05) is 23.5 Å². The topological polar surface area (TPSA) is 26.0 Å². The van der Waals surface area contributed by atoms with Crippen LogP contribution in [0.4, 0.5) is 10.1 Å². The van der Waals surface area contributed by atoms with E-state index in [1.807, 2.05) is 17.8 Å². The Hall–Kier alpha value is -0.350. The summed E-state index contributed by atoms with van der Waals surface area (Å²) in [5.74, 6) is 1.92. The van der Waals surface area contributed by atoms with Crippen molar-refractivity contribution < 1.29 is 4.39 Å². The van der Waals surface area contributed by atoms with Crippen LogP contribution in [0.2, 0.25) is 0 Å². The molecule has 0 aromatic heterocycles. The quantitative estimate of drug-likeness (QED) is 0.478. The number of thioether (sulfide) groups is 2. The maximum Gasteiger partial charge on any atom is 0.126 e. The van der Waals surface area contributed by atoms with E-state index in [0.29, 0.717) is 5.69 Å². The van der Waals surface area contributed by atoms with E-state index >= 15 is 0 Å². The second-order valence-corrected chi connectivity index (χ2v) is 5.07. The van der Waals surface area contributed by atoms with Crippen molar-refractivity contribution in [1.82, 2.24) is 0 Å². The van der Waals surface area contributed by atoms with Gasteiger partial charge in [0.25, 0.3) is 0 Å². The molecule has 1 aromatic carbocycles. The average Bonchev–Trinajstić information content (AvgIpc) is 2.11. The summed E-state index contributed by atoms with van der Waals surface area (Å²) in [7, 11) is 0. The summed E-state index contributed by atoms with van der Waals surface area (Å²) in [6, 6.07) is 4.68. The van der Waals surface area contributed by atoms with E-state index in [1.165, 1.54) is 12.1 Å². The smallest absolute Gasteiger partial charge is 0.126 e. The molecule has 0 fully saturated rings. The minimum Gasteiger partial charge on any atom is -0.399 e. The predicted molar refractivity (Wildman–Crippen MR) is 64.5 cm³/mol. The number of halogens is 1. The Morgan fingerprint density at radius 3 is 2.71 bits per heavy atom. The fraction of sp³-hybridized carbons (Fsp3) is 0.400. The zero-order chi connectivity index (χ0) is 10.4. The maximum atomic E-state index is 12.9. The van der Waals surface area contributed by atoms with Gasteiger partial charge in [-0.25, -0.2) is 4.39 Å². The van der Waals surface area contributed by atoms with Crippen LogP contribution in [0.15, 0.2) is 23.1 Å². The standard InChI is InChI=1S/C10H14FNS2/c1-13-3-2-4-14-10-6-8(11)5-9(12)7-10/h5-7H,2-4,12H2,1H3. The molecule has 0 unspecified atom stereocenters. The molecule has 0 aliphatic rings. The second-order valence-electron chi connectivity index (χ2n) is 2.92. The zero-order valence-corrected chi connectivity index (χ0v) is 9.76. The Balaban J connectivity index is 2.42. The number of nitrogen functional groups attached to an aromatic ring is 1.